The van der Waals surface area contributed by atoms with Crippen LogP contribution < -0.4 is 0 Å². The van der Waals surface area contributed by atoms with Crippen LogP contribution in [0.3, 0.4) is 0 Å². The average molecular weight is 221 g/mol. The second-order valence-electron chi connectivity index (χ2n) is 4.10. The summed E-state index contributed by atoms with van der Waals surface area (Å²) in [7, 11) is 2.14. The Balaban J connectivity index is 2.82. The van der Waals surface area contributed by atoms with E-state index in [1.807, 2.05) is 6.07 Å². The zero-order valence-electron chi connectivity index (χ0n) is 10.8. The summed E-state index contributed by atoms with van der Waals surface area (Å²) in [5.41, 5.74) is 1.26. The quantitative estimate of drug-likeness (QED) is 0.732. The third-order valence-electron chi connectivity index (χ3n) is 3.11. The molecule has 0 aliphatic heterocycles. The molecule has 0 saturated heterocycles. The van der Waals surface area contributed by atoms with Crippen molar-refractivity contribution < 1.29 is 4.74 Å². The molecule has 0 heterocycles. The molecular weight excluding hydrogens is 198 g/mol. The molecule has 2 heteroatoms. The maximum atomic E-state index is 5.87. The van der Waals surface area contributed by atoms with Gasteiger partial charge in [-0.2, -0.15) is 0 Å². The van der Waals surface area contributed by atoms with Gasteiger partial charge in [0.25, 0.3) is 0 Å². The van der Waals surface area contributed by atoms with Crippen LogP contribution in [0.1, 0.15) is 32.4 Å². The first-order valence-corrected chi connectivity index (χ1v) is 6.07. The second kappa shape index (κ2) is 6.66. The minimum absolute atomic E-state index is 0.163. The SMILES string of the molecule is CCO[C@@H](c1ccccc1)[C@H](C)N(C)CC. The first-order valence-electron chi connectivity index (χ1n) is 6.07. The van der Waals surface area contributed by atoms with Gasteiger partial charge in [0.2, 0.25) is 0 Å². The van der Waals surface area contributed by atoms with E-state index >= 15 is 0 Å². The van der Waals surface area contributed by atoms with Crippen LogP contribution in [0, 0.1) is 0 Å². The molecule has 0 N–H and O–H groups in total. The van der Waals surface area contributed by atoms with Crippen LogP contribution in [-0.2, 0) is 4.74 Å². The average Bonchev–Trinajstić information content (AvgIpc) is 2.35. The summed E-state index contributed by atoms with van der Waals surface area (Å²) >= 11 is 0. The Kier molecular flexibility index (Phi) is 5.50. The van der Waals surface area contributed by atoms with Gasteiger partial charge < -0.3 is 9.64 Å². The fourth-order valence-electron chi connectivity index (χ4n) is 1.86. The lowest BCUT2D eigenvalue weighted by Crippen LogP contribution is -2.35. The third-order valence-corrected chi connectivity index (χ3v) is 3.11. The highest BCUT2D eigenvalue weighted by atomic mass is 16.5. The van der Waals surface area contributed by atoms with Crippen molar-refractivity contribution in [3.05, 3.63) is 35.9 Å². The molecule has 0 saturated carbocycles. The lowest BCUT2D eigenvalue weighted by molar-refractivity contribution is 0.00441. The summed E-state index contributed by atoms with van der Waals surface area (Å²) in [6.07, 6.45) is 0.163. The normalized spacial score (nSPS) is 15.1. The minimum Gasteiger partial charge on any atom is -0.372 e. The molecule has 1 rings (SSSR count). The highest BCUT2D eigenvalue weighted by molar-refractivity contribution is 5.19. The van der Waals surface area contributed by atoms with Crippen LogP contribution in [0.15, 0.2) is 30.3 Å². The van der Waals surface area contributed by atoms with Crippen LogP contribution >= 0.6 is 0 Å². The van der Waals surface area contributed by atoms with Crippen LogP contribution in [0.2, 0.25) is 0 Å². The molecule has 16 heavy (non-hydrogen) atoms. The molecule has 0 aliphatic carbocycles. The monoisotopic (exact) mass is 221 g/mol. The molecule has 1 aromatic rings. The first kappa shape index (κ1) is 13.2. The largest absolute Gasteiger partial charge is 0.372 e. The molecule has 0 fully saturated rings. The molecule has 2 nitrogen and oxygen atoms in total. The number of rotatable bonds is 6. The number of hydrogen-bond acceptors (Lipinski definition) is 2. The molecule has 1 aromatic carbocycles. The van der Waals surface area contributed by atoms with E-state index in [1.165, 1.54) is 5.56 Å². The molecular formula is C14H23NO. The second-order valence-corrected chi connectivity index (χ2v) is 4.10. The minimum atomic E-state index is 0.163. The fraction of sp³-hybridized carbons (Fsp3) is 0.571. The van der Waals surface area contributed by atoms with Crippen molar-refractivity contribution >= 4 is 0 Å². The summed E-state index contributed by atoms with van der Waals surface area (Å²) in [6, 6.07) is 10.9. The molecule has 0 bridgehead atoms. The number of nitrogens with zero attached hydrogens (tertiary/aromatic N) is 1. The molecule has 90 valence electrons. The molecule has 0 amide bonds. The van der Waals surface area contributed by atoms with Crippen molar-refractivity contribution in [1.29, 1.82) is 0 Å². The summed E-state index contributed by atoms with van der Waals surface area (Å²) in [6.45, 7) is 8.23. The van der Waals surface area contributed by atoms with Gasteiger partial charge in [-0.25, -0.2) is 0 Å². The van der Waals surface area contributed by atoms with Crippen molar-refractivity contribution in [2.75, 3.05) is 20.2 Å². The van der Waals surface area contributed by atoms with Gasteiger partial charge in [0.1, 0.15) is 0 Å². The van der Waals surface area contributed by atoms with E-state index in [4.69, 9.17) is 4.74 Å². The predicted octanol–water partition coefficient (Wildman–Crippen LogP) is 3.10. The van der Waals surface area contributed by atoms with E-state index < -0.39 is 0 Å². The Morgan fingerprint density at radius 2 is 1.81 bits per heavy atom. The lowest BCUT2D eigenvalue weighted by Gasteiger charge is -2.31. The van der Waals surface area contributed by atoms with Crippen LogP contribution in [-0.4, -0.2) is 31.1 Å². The molecule has 0 aromatic heterocycles. The predicted molar refractivity (Wildman–Crippen MR) is 68.6 cm³/mol. The van der Waals surface area contributed by atoms with Gasteiger partial charge in [0.05, 0.1) is 6.10 Å². The number of benzene rings is 1. The Morgan fingerprint density at radius 3 is 2.31 bits per heavy atom. The van der Waals surface area contributed by atoms with Gasteiger partial charge in [-0.1, -0.05) is 37.3 Å². The zero-order chi connectivity index (χ0) is 12.0. The van der Waals surface area contributed by atoms with Crippen molar-refractivity contribution in [3.8, 4) is 0 Å². The number of likely N-dealkylation sites (N-methyl/N-ethyl adjacent to an activating group) is 1. The van der Waals surface area contributed by atoms with Gasteiger partial charge in [0, 0.05) is 12.6 Å². The summed E-state index contributed by atoms with van der Waals surface area (Å²) < 4.78 is 5.87. The Bertz CT molecular complexity index is 286. The maximum Gasteiger partial charge on any atom is 0.0976 e. The maximum absolute atomic E-state index is 5.87. The standard InChI is InChI=1S/C14H23NO/c1-5-15(4)12(3)14(16-6-2)13-10-8-7-9-11-13/h7-12,14H,5-6H2,1-4H3/t12-,14+/m0/s1. The van der Waals surface area contributed by atoms with E-state index in [2.05, 4.69) is 57.0 Å². The van der Waals surface area contributed by atoms with Gasteiger partial charge in [0.15, 0.2) is 0 Å². The topological polar surface area (TPSA) is 12.5 Å². The molecule has 2 atom stereocenters. The lowest BCUT2D eigenvalue weighted by atomic mass is 10.0. The Morgan fingerprint density at radius 1 is 1.19 bits per heavy atom. The molecule has 0 unspecified atom stereocenters. The van der Waals surface area contributed by atoms with Gasteiger partial charge >= 0.3 is 0 Å². The summed E-state index contributed by atoms with van der Waals surface area (Å²) in [5.74, 6) is 0. The summed E-state index contributed by atoms with van der Waals surface area (Å²) in [4.78, 5) is 2.31. The van der Waals surface area contributed by atoms with Crippen molar-refractivity contribution in [3.63, 3.8) is 0 Å². The van der Waals surface area contributed by atoms with Gasteiger partial charge in [-0.15, -0.1) is 0 Å². The van der Waals surface area contributed by atoms with Crippen molar-refractivity contribution in [1.82, 2.24) is 4.90 Å². The number of hydrogen-bond donors (Lipinski definition) is 0. The van der Waals surface area contributed by atoms with E-state index in [-0.39, 0.29) is 6.10 Å². The molecule has 0 spiro atoms. The van der Waals surface area contributed by atoms with Crippen LogP contribution in [0.4, 0.5) is 0 Å². The van der Waals surface area contributed by atoms with Crippen molar-refractivity contribution in [2.45, 2.75) is 32.9 Å². The van der Waals surface area contributed by atoms with Gasteiger partial charge in [-0.05, 0) is 33.0 Å². The smallest absolute Gasteiger partial charge is 0.0976 e. The fourth-order valence-corrected chi connectivity index (χ4v) is 1.86. The van der Waals surface area contributed by atoms with E-state index in [0.717, 1.165) is 13.2 Å². The van der Waals surface area contributed by atoms with Crippen LogP contribution in [0.5, 0.6) is 0 Å². The summed E-state index contributed by atoms with van der Waals surface area (Å²) in [5, 5.41) is 0. The molecule has 0 aliphatic rings. The van der Waals surface area contributed by atoms with Crippen molar-refractivity contribution in [2.24, 2.45) is 0 Å². The number of ether oxygens (including phenoxy) is 1. The highest BCUT2D eigenvalue weighted by Crippen LogP contribution is 2.23. The zero-order valence-corrected chi connectivity index (χ0v) is 10.8. The molecule has 0 radical (unpaired) electrons. The van der Waals surface area contributed by atoms with Gasteiger partial charge in [-0.3, -0.25) is 0 Å². The third kappa shape index (κ3) is 3.32. The van der Waals surface area contributed by atoms with Crippen LogP contribution in [0.25, 0.3) is 0 Å². The Labute approximate surface area is 99.2 Å². The highest BCUT2D eigenvalue weighted by Gasteiger charge is 2.21. The Hall–Kier alpha value is -0.860. The van der Waals surface area contributed by atoms with E-state index in [0.29, 0.717) is 6.04 Å². The first-order chi connectivity index (χ1) is 7.70. The van der Waals surface area contributed by atoms with E-state index in [9.17, 15) is 0 Å². The van der Waals surface area contributed by atoms with E-state index in [1.54, 1.807) is 0 Å².